The minimum Gasteiger partial charge on any atom is -0.313 e. The Balaban J connectivity index is 1.74. The van der Waals surface area contributed by atoms with Gasteiger partial charge in [-0.1, -0.05) is 46.0 Å². The topological polar surface area (TPSA) is 12.0 Å². The minimum absolute atomic E-state index is 0.705. The normalized spacial score (nSPS) is 24.4. The van der Waals surface area contributed by atoms with Crippen LogP contribution >= 0.6 is 0 Å². The van der Waals surface area contributed by atoms with Gasteiger partial charge in [-0.25, -0.2) is 0 Å². The van der Waals surface area contributed by atoms with Gasteiger partial charge in [0.15, 0.2) is 0 Å². The van der Waals surface area contributed by atoms with Crippen LogP contribution in [0.15, 0.2) is 0 Å². The average Bonchev–Trinajstić information content (AvgIpc) is 3.10. The Labute approximate surface area is 108 Å². The van der Waals surface area contributed by atoms with Crippen molar-refractivity contribution in [3.63, 3.8) is 0 Å². The van der Waals surface area contributed by atoms with Crippen LogP contribution in [0.1, 0.15) is 78.1 Å². The van der Waals surface area contributed by atoms with E-state index in [1.165, 1.54) is 70.8 Å². The zero-order chi connectivity index (χ0) is 12.1. The van der Waals surface area contributed by atoms with Crippen LogP contribution < -0.4 is 5.32 Å². The first-order valence-corrected chi connectivity index (χ1v) is 8.01. The van der Waals surface area contributed by atoms with E-state index in [9.17, 15) is 0 Å². The predicted octanol–water partition coefficient (Wildman–Crippen LogP) is 4.52. The maximum Gasteiger partial charge on any atom is 0.00684 e. The van der Waals surface area contributed by atoms with Gasteiger partial charge < -0.3 is 5.32 Å². The van der Waals surface area contributed by atoms with E-state index < -0.39 is 0 Å². The summed E-state index contributed by atoms with van der Waals surface area (Å²) in [6.45, 7) is 6.03. The first kappa shape index (κ1) is 13.4. The van der Waals surface area contributed by atoms with Crippen LogP contribution in [-0.2, 0) is 0 Å². The van der Waals surface area contributed by atoms with Gasteiger partial charge in [-0.3, -0.25) is 0 Å². The molecule has 0 aliphatic heterocycles. The fourth-order valence-electron chi connectivity index (χ4n) is 3.33. The molecule has 1 unspecified atom stereocenters. The molecule has 1 nitrogen and oxygen atoms in total. The third kappa shape index (κ3) is 3.98. The molecule has 0 spiro atoms. The van der Waals surface area contributed by atoms with Gasteiger partial charge in [0.1, 0.15) is 0 Å². The Morgan fingerprint density at radius 3 is 2.47 bits per heavy atom. The highest BCUT2D eigenvalue weighted by molar-refractivity contribution is 4.93. The lowest BCUT2D eigenvalue weighted by Crippen LogP contribution is -2.42. The fraction of sp³-hybridized carbons (Fsp3) is 1.00. The maximum absolute atomic E-state index is 3.78. The highest BCUT2D eigenvalue weighted by atomic mass is 15.0. The zero-order valence-electron chi connectivity index (χ0n) is 11.9. The molecule has 0 aromatic carbocycles. The molecule has 0 amide bonds. The van der Waals surface area contributed by atoms with Gasteiger partial charge in [0.2, 0.25) is 0 Å². The first-order chi connectivity index (χ1) is 8.28. The number of hydrogen-bond acceptors (Lipinski definition) is 1. The van der Waals surface area contributed by atoms with Gasteiger partial charge in [-0.05, 0) is 43.4 Å². The Bertz CT molecular complexity index is 216. The summed E-state index contributed by atoms with van der Waals surface area (Å²) < 4.78 is 0. The third-order valence-corrected chi connectivity index (χ3v) is 5.02. The van der Waals surface area contributed by atoms with Crippen LogP contribution in [0.4, 0.5) is 0 Å². The van der Waals surface area contributed by atoms with Crippen LogP contribution in [0.2, 0.25) is 0 Å². The van der Waals surface area contributed by atoms with Gasteiger partial charge in [-0.2, -0.15) is 0 Å². The lowest BCUT2D eigenvalue weighted by molar-refractivity contribution is 0.0864. The Morgan fingerprint density at radius 2 is 2.00 bits per heavy atom. The lowest BCUT2D eigenvalue weighted by Gasteiger charge is -2.44. The van der Waals surface area contributed by atoms with Crippen LogP contribution in [0.3, 0.4) is 0 Å². The monoisotopic (exact) mass is 237 g/mol. The molecule has 1 heteroatoms. The van der Waals surface area contributed by atoms with E-state index in [4.69, 9.17) is 0 Å². The van der Waals surface area contributed by atoms with Crippen LogP contribution in [0, 0.1) is 11.3 Å². The van der Waals surface area contributed by atoms with Gasteiger partial charge in [-0.15, -0.1) is 0 Å². The first-order valence-electron chi connectivity index (χ1n) is 8.01. The quantitative estimate of drug-likeness (QED) is 0.622. The molecule has 0 aromatic rings. The van der Waals surface area contributed by atoms with Crippen molar-refractivity contribution in [2.45, 2.75) is 84.1 Å². The van der Waals surface area contributed by atoms with Crippen molar-refractivity contribution < 1.29 is 0 Å². The second kappa shape index (κ2) is 6.22. The summed E-state index contributed by atoms with van der Waals surface area (Å²) in [5.74, 6) is 0.997. The minimum atomic E-state index is 0.705. The summed E-state index contributed by atoms with van der Waals surface area (Å²) in [6, 6.07) is 0.892. The number of hydrogen-bond donors (Lipinski definition) is 1. The van der Waals surface area contributed by atoms with E-state index in [0.29, 0.717) is 5.41 Å². The number of rotatable bonds is 9. The molecule has 2 fully saturated rings. The predicted molar refractivity (Wildman–Crippen MR) is 75.2 cm³/mol. The number of unbranched alkanes of at least 4 members (excludes halogenated alkanes) is 1. The SMILES string of the molecule is CCCCC(CC)CC1(CNC2CC2)CCC1. The van der Waals surface area contributed by atoms with E-state index in [1.54, 1.807) is 0 Å². The van der Waals surface area contributed by atoms with Gasteiger partial charge in [0.05, 0.1) is 0 Å². The van der Waals surface area contributed by atoms with Gasteiger partial charge >= 0.3 is 0 Å². The van der Waals surface area contributed by atoms with Crippen molar-refractivity contribution in [2.24, 2.45) is 11.3 Å². The standard InChI is InChI=1S/C16H31N/c1-3-5-7-14(4-2)12-16(10-6-11-16)13-17-15-8-9-15/h14-15,17H,3-13H2,1-2H3. The largest absolute Gasteiger partial charge is 0.313 e. The van der Waals surface area contributed by atoms with Gasteiger partial charge in [0, 0.05) is 12.6 Å². The van der Waals surface area contributed by atoms with E-state index in [1.807, 2.05) is 0 Å². The smallest absolute Gasteiger partial charge is 0.00684 e. The van der Waals surface area contributed by atoms with Crippen molar-refractivity contribution in [1.29, 1.82) is 0 Å². The Morgan fingerprint density at radius 1 is 1.24 bits per heavy atom. The molecule has 0 bridgehead atoms. The van der Waals surface area contributed by atoms with Crippen molar-refractivity contribution >= 4 is 0 Å². The van der Waals surface area contributed by atoms with Crippen LogP contribution in [0.5, 0.6) is 0 Å². The summed E-state index contributed by atoms with van der Waals surface area (Å²) in [7, 11) is 0. The van der Waals surface area contributed by atoms with Crippen molar-refractivity contribution in [3.8, 4) is 0 Å². The van der Waals surface area contributed by atoms with Crippen molar-refractivity contribution in [3.05, 3.63) is 0 Å². The van der Waals surface area contributed by atoms with Crippen LogP contribution in [0.25, 0.3) is 0 Å². The summed E-state index contributed by atoms with van der Waals surface area (Å²) in [5.41, 5.74) is 0.705. The molecular weight excluding hydrogens is 206 g/mol. The summed E-state index contributed by atoms with van der Waals surface area (Å²) in [5, 5.41) is 3.78. The molecule has 100 valence electrons. The third-order valence-electron chi connectivity index (χ3n) is 5.02. The van der Waals surface area contributed by atoms with Gasteiger partial charge in [0.25, 0.3) is 0 Å². The number of nitrogens with one attached hydrogen (secondary N) is 1. The Hall–Kier alpha value is -0.0400. The van der Waals surface area contributed by atoms with E-state index in [-0.39, 0.29) is 0 Å². The van der Waals surface area contributed by atoms with E-state index in [0.717, 1.165) is 12.0 Å². The highest BCUT2D eigenvalue weighted by Crippen LogP contribution is 2.47. The highest BCUT2D eigenvalue weighted by Gasteiger charge is 2.39. The summed E-state index contributed by atoms with van der Waals surface area (Å²) in [4.78, 5) is 0. The molecule has 0 aromatic heterocycles. The molecule has 1 atom stereocenters. The zero-order valence-corrected chi connectivity index (χ0v) is 11.9. The lowest BCUT2D eigenvalue weighted by atomic mass is 9.63. The fourth-order valence-corrected chi connectivity index (χ4v) is 3.33. The summed E-state index contributed by atoms with van der Waals surface area (Å²) >= 11 is 0. The second-order valence-corrected chi connectivity index (χ2v) is 6.63. The molecule has 17 heavy (non-hydrogen) atoms. The second-order valence-electron chi connectivity index (χ2n) is 6.63. The average molecular weight is 237 g/mol. The molecule has 2 saturated carbocycles. The maximum atomic E-state index is 3.78. The molecule has 0 saturated heterocycles. The van der Waals surface area contributed by atoms with E-state index >= 15 is 0 Å². The molecule has 0 heterocycles. The van der Waals surface area contributed by atoms with Crippen LogP contribution in [-0.4, -0.2) is 12.6 Å². The molecule has 0 radical (unpaired) electrons. The Kier molecular flexibility index (Phi) is 4.90. The van der Waals surface area contributed by atoms with Crippen molar-refractivity contribution in [1.82, 2.24) is 5.32 Å². The molecule has 2 rings (SSSR count). The molecule has 1 N–H and O–H groups in total. The molecular formula is C16H31N. The van der Waals surface area contributed by atoms with E-state index in [2.05, 4.69) is 19.2 Å². The molecule has 2 aliphatic carbocycles. The summed E-state index contributed by atoms with van der Waals surface area (Å²) in [6.07, 6.45) is 14.5. The molecule has 2 aliphatic rings. The van der Waals surface area contributed by atoms with Crippen molar-refractivity contribution in [2.75, 3.05) is 6.54 Å².